The standard InChI is InChI=1S/C25H25N3O4S2/c1-4-28-22-14-11-20(32-5-2)16-23(22)33-25(28)26-24(29)18-7-6-8-19(15-18)27-34(30,31)21-12-9-17(3)10-13-21/h6-16,27H,4-5H2,1-3H3. The Balaban J connectivity index is 1.65. The number of hydrogen-bond acceptors (Lipinski definition) is 5. The highest BCUT2D eigenvalue weighted by molar-refractivity contribution is 7.92. The molecule has 34 heavy (non-hydrogen) atoms. The molecule has 9 heteroatoms. The Hall–Kier alpha value is -3.43. The van der Waals surface area contributed by atoms with Crippen molar-refractivity contribution in [3.8, 4) is 5.75 Å². The lowest BCUT2D eigenvalue weighted by Gasteiger charge is -2.09. The van der Waals surface area contributed by atoms with Crippen LogP contribution in [-0.2, 0) is 16.6 Å². The third kappa shape index (κ3) is 5.05. The highest BCUT2D eigenvalue weighted by Gasteiger charge is 2.15. The number of nitrogens with one attached hydrogen (secondary N) is 1. The molecule has 4 aromatic rings. The van der Waals surface area contributed by atoms with Gasteiger partial charge in [-0.25, -0.2) is 8.42 Å². The first-order valence-corrected chi connectivity index (χ1v) is 13.2. The fraction of sp³-hybridized carbons (Fsp3) is 0.200. The van der Waals surface area contributed by atoms with Crippen molar-refractivity contribution < 1.29 is 17.9 Å². The summed E-state index contributed by atoms with van der Waals surface area (Å²) in [4.78, 5) is 18.0. The van der Waals surface area contributed by atoms with Crippen LogP contribution in [0.25, 0.3) is 10.2 Å². The number of hydrogen-bond donors (Lipinski definition) is 1. The summed E-state index contributed by atoms with van der Waals surface area (Å²) in [5.41, 5.74) is 2.52. The lowest BCUT2D eigenvalue weighted by atomic mass is 10.2. The van der Waals surface area contributed by atoms with Crippen molar-refractivity contribution in [2.75, 3.05) is 11.3 Å². The molecule has 0 saturated carbocycles. The number of benzene rings is 3. The second kappa shape index (κ2) is 9.82. The first-order chi connectivity index (χ1) is 16.3. The Morgan fingerprint density at radius 3 is 2.53 bits per heavy atom. The van der Waals surface area contributed by atoms with Gasteiger partial charge in [-0.1, -0.05) is 35.1 Å². The maximum atomic E-state index is 13.0. The molecular weight excluding hydrogens is 470 g/mol. The van der Waals surface area contributed by atoms with Crippen molar-refractivity contribution in [2.24, 2.45) is 4.99 Å². The van der Waals surface area contributed by atoms with E-state index in [1.165, 1.54) is 17.4 Å². The van der Waals surface area contributed by atoms with Crippen LogP contribution >= 0.6 is 11.3 Å². The number of rotatable bonds is 7. The van der Waals surface area contributed by atoms with Gasteiger partial charge in [-0.15, -0.1) is 0 Å². The summed E-state index contributed by atoms with van der Waals surface area (Å²) in [7, 11) is -3.77. The lowest BCUT2D eigenvalue weighted by molar-refractivity contribution is 0.0998. The number of fused-ring (bicyclic) bond motifs is 1. The smallest absolute Gasteiger partial charge is 0.279 e. The molecule has 0 radical (unpaired) electrons. The van der Waals surface area contributed by atoms with Gasteiger partial charge in [-0.3, -0.25) is 9.52 Å². The molecule has 7 nitrogen and oxygen atoms in total. The van der Waals surface area contributed by atoms with Crippen molar-refractivity contribution in [3.63, 3.8) is 0 Å². The SMILES string of the molecule is CCOc1ccc2c(c1)sc(=NC(=O)c1cccc(NS(=O)(=O)c3ccc(C)cc3)c1)n2CC. The number of ether oxygens (including phenoxy) is 1. The Kier molecular flexibility index (Phi) is 6.85. The Morgan fingerprint density at radius 2 is 1.82 bits per heavy atom. The van der Waals surface area contributed by atoms with Crippen molar-refractivity contribution in [3.05, 3.63) is 82.7 Å². The van der Waals surface area contributed by atoms with Gasteiger partial charge in [0.05, 0.1) is 21.7 Å². The summed E-state index contributed by atoms with van der Waals surface area (Å²) in [6.45, 7) is 7.03. The maximum absolute atomic E-state index is 13.0. The van der Waals surface area contributed by atoms with Gasteiger partial charge in [0, 0.05) is 17.8 Å². The number of amides is 1. The second-order valence-electron chi connectivity index (χ2n) is 7.61. The summed E-state index contributed by atoms with van der Waals surface area (Å²) in [5, 5.41) is 0. The molecule has 3 aromatic carbocycles. The molecular formula is C25H25N3O4S2. The maximum Gasteiger partial charge on any atom is 0.279 e. The van der Waals surface area contributed by atoms with E-state index in [0.717, 1.165) is 21.5 Å². The van der Waals surface area contributed by atoms with Crippen LogP contribution in [0.2, 0.25) is 0 Å². The average Bonchev–Trinajstić information content (AvgIpc) is 3.15. The molecule has 1 aromatic heterocycles. The van der Waals surface area contributed by atoms with Gasteiger partial charge in [0.25, 0.3) is 15.9 Å². The lowest BCUT2D eigenvalue weighted by Crippen LogP contribution is -2.16. The van der Waals surface area contributed by atoms with Gasteiger partial charge in [-0.05, 0) is 69.3 Å². The van der Waals surface area contributed by atoms with E-state index in [9.17, 15) is 13.2 Å². The van der Waals surface area contributed by atoms with Gasteiger partial charge >= 0.3 is 0 Å². The quantitative estimate of drug-likeness (QED) is 0.392. The number of thiazole rings is 1. The highest BCUT2D eigenvalue weighted by Crippen LogP contribution is 2.24. The number of carbonyl (C=O) groups excluding carboxylic acids is 1. The van der Waals surface area contributed by atoms with E-state index in [0.29, 0.717) is 29.2 Å². The number of carbonyl (C=O) groups is 1. The number of anilines is 1. The van der Waals surface area contributed by atoms with E-state index in [1.807, 2.05) is 43.5 Å². The van der Waals surface area contributed by atoms with Crippen LogP contribution in [0.4, 0.5) is 5.69 Å². The van der Waals surface area contributed by atoms with E-state index in [1.54, 1.807) is 42.5 Å². The molecule has 0 spiro atoms. The largest absolute Gasteiger partial charge is 0.494 e. The van der Waals surface area contributed by atoms with E-state index in [-0.39, 0.29) is 4.90 Å². The van der Waals surface area contributed by atoms with Crippen molar-refractivity contribution in [1.29, 1.82) is 0 Å². The van der Waals surface area contributed by atoms with Crippen LogP contribution in [-0.4, -0.2) is 25.5 Å². The van der Waals surface area contributed by atoms with Crippen molar-refractivity contribution >= 4 is 43.2 Å². The zero-order chi connectivity index (χ0) is 24.3. The number of aromatic nitrogens is 1. The van der Waals surface area contributed by atoms with E-state index in [4.69, 9.17) is 4.74 Å². The fourth-order valence-electron chi connectivity index (χ4n) is 3.50. The minimum absolute atomic E-state index is 0.153. The van der Waals surface area contributed by atoms with Gasteiger partial charge < -0.3 is 9.30 Å². The third-order valence-electron chi connectivity index (χ3n) is 5.17. The summed E-state index contributed by atoms with van der Waals surface area (Å²) in [5.74, 6) is 0.320. The summed E-state index contributed by atoms with van der Waals surface area (Å²) < 4.78 is 36.5. The molecule has 0 aliphatic heterocycles. The zero-order valence-corrected chi connectivity index (χ0v) is 20.7. The monoisotopic (exact) mass is 495 g/mol. The molecule has 1 N–H and O–H groups in total. The topological polar surface area (TPSA) is 89.8 Å². The van der Waals surface area contributed by atoms with Crippen LogP contribution in [0.3, 0.4) is 0 Å². The number of nitrogens with zero attached hydrogens (tertiary/aromatic N) is 2. The van der Waals surface area contributed by atoms with E-state index < -0.39 is 15.9 Å². The Morgan fingerprint density at radius 1 is 1.06 bits per heavy atom. The summed E-state index contributed by atoms with van der Waals surface area (Å²) >= 11 is 1.41. The van der Waals surface area contributed by atoms with Crippen LogP contribution in [0, 0.1) is 6.92 Å². The first kappa shape index (κ1) is 23.7. The number of sulfonamides is 1. The van der Waals surface area contributed by atoms with Crippen LogP contribution in [0.15, 0.2) is 76.6 Å². The molecule has 1 amide bonds. The normalized spacial score (nSPS) is 12.1. The molecule has 0 aliphatic rings. The zero-order valence-electron chi connectivity index (χ0n) is 19.1. The van der Waals surface area contributed by atoms with Gasteiger partial charge in [-0.2, -0.15) is 4.99 Å². The molecule has 0 bridgehead atoms. The molecule has 1 heterocycles. The highest BCUT2D eigenvalue weighted by atomic mass is 32.2. The molecule has 0 fully saturated rings. The van der Waals surface area contributed by atoms with Crippen LogP contribution in [0.5, 0.6) is 5.75 Å². The van der Waals surface area contributed by atoms with Crippen molar-refractivity contribution in [1.82, 2.24) is 4.57 Å². The average molecular weight is 496 g/mol. The summed E-state index contributed by atoms with van der Waals surface area (Å²) in [6, 6.07) is 18.7. The third-order valence-corrected chi connectivity index (χ3v) is 7.61. The second-order valence-corrected chi connectivity index (χ2v) is 10.3. The summed E-state index contributed by atoms with van der Waals surface area (Å²) in [6.07, 6.45) is 0. The predicted octanol–water partition coefficient (Wildman–Crippen LogP) is 4.97. The number of aryl methyl sites for hydroxylation is 2. The first-order valence-electron chi connectivity index (χ1n) is 10.9. The minimum atomic E-state index is -3.77. The molecule has 0 unspecified atom stereocenters. The van der Waals surface area contributed by atoms with Crippen LogP contribution < -0.4 is 14.3 Å². The van der Waals surface area contributed by atoms with Gasteiger partial charge in [0.2, 0.25) is 0 Å². The van der Waals surface area contributed by atoms with Gasteiger partial charge in [0.15, 0.2) is 4.80 Å². The Bertz CT molecular complexity index is 1520. The van der Waals surface area contributed by atoms with E-state index >= 15 is 0 Å². The molecule has 0 saturated heterocycles. The van der Waals surface area contributed by atoms with E-state index in [2.05, 4.69) is 9.71 Å². The Labute approximate surface area is 202 Å². The predicted molar refractivity (Wildman–Crippen MR) is 135 cm³/mol. The fourth-order valence-corrected chi connectivity index (χ4v) is 5.67. The minimum Gasteiger partial charge on any atom is -0.494 e. The molecule has 4 rings (SSSR count). The molecule has 0 atom stereocenters. The molecule has 0 aliphatic carbocycles. The van der Waals surface area contributed by atoms with Gasteiger partial charge in [0.1, 0.15) is 5.75 Å². The molecule has 176 valence electrons. The van der Waals surface area contributed by atoms with Crippen molar-refractivity contribution in [2.45, 2.75) is 32.2 Å². The van der Waals surface area contributed by atoms with Crippen LogP contribution in [0.1, 0.15) is 29.8 Å².